The second-order valence-corrected chi connectivity index (χ2v) is 7.25. The largest absolute Gasteiger partial charge is 0.353 e. The first-order chi connectivity index (χ1) is 12.7. The Morgan fingerprint density at radius 3 is 2.54 bits per heavy atom. The van der Waals surface area contributed by atoms with Gasteiger partial charge in [0.1, 0.15) is 0 Å². The number of rotatable bonds is 5. The molecule has 4 rings (SSSR count). The maximum atomic E-state index is 12.2. The summed E-state index contributed by atoms with van der Waals surface area (Å²) in [5, 5.41) is 16.7. The minimum absolute atomic E-state index is 0.165. The Morgan fingerprint density at radius 2 is 1.88 bits per heavy atom. The van der Waals surface area contributed by atoms with Gasteiger partial charge in [-0.25, -0.2) is 0 Å². The molecule has 2 aromatic rings. The van der Waals surface area contributed by atoms with Gasteiger partial charge >= 0.3 is 0 Å². The van der Waals surface area contributed by atoms with Crippen LogP contribution in [-0.2, 0) is 11.5 Å². The topological polar surface area (TPSA) is 74.0 Å². The highest BCUT2D eigenvalue weighted by atomic mass is 16.2. The van der Waals surface area contributed by atoms with E-state index in [1.807, 2.05) is 41.2 Å². The number of hydrogen-bond acceptors (Lipinski definition) is 4. The molecule has 1 N–H and O–H groups in total. The molecule has 1 aromatic carbocycles. The summed E-state index contributed by atoms with van der Waals surface area (Å²) in [5.41, 5.74) is 2.58. The summed E-state index contributed by atoms with van der Waals surface area (Å²) in [4.78, 5) is 14.5. The lowest BCUT2D eigenvalue weighted by atomic mass is 9.96. The Labute approximate surface area is 153 Å². The molecule has 0 unspecified atom stereocenters. The van der Waals surface area contributed by atoms with Gasteiger partial charge in [-0.05, 0) is 43.9 Å². The SMILES string of the molecule is N#Cc1ccc(-c2ccn(CN3CCC(C(=O)NC4CC4)CC3)n2)cc1. The third-order valence-electron chi connectivity index (χ3n) is 5.18. The molecule has 1 amide bonds. The fraction of sp³-hybridized carbons (Fsp3) is 0.450. The Hall–Kier alpha value is -2.65. The number of hydrogen-bond donors (Lipinski definition) is 1. The van der Waals surface area contributed by atoms with Crippen LogP contribution in [0.1, 0.15) is 31.2 Å². The van der Waals surface area contributed by atoms with Crippen LogP contribution in [0.2, 0.25) is 0 Å². The fourth-order valence-electron chi connectivity index (χ4n) is 3.40. The standard InChI is InChI=1S/C20H23N5O/c21-13-15-1-3-16(4-2-15)19-9-12-25(23-19)14-24-10-7-17(8-11-24)20(26)22-18-5-6-18/h1-4,9,12,17-18H,5-8,10-11,14H2,(H,22,26). The predicted molar refractivity (Wildman–Crippen MR) is 97.8 cm³/mol. The summed E-state index contributed by atoms with van der Waals surface area (Å²) in [6, 6.07) is 12.1. The summed E-state index contributed by atoms with van der Waals surface area (Å²) < 4.78 is 1.94. The van der Waals surface area contributed by atoms with Gasteiger partial charge in [-0.15, -0.1) is 0 Å². The van der Waals surface area contributed by atoms with Crippen LogP contribution in [0, 0.1) is 17.2 Å². The number of nitriles is 1. The first-order valence-corrected chi connectivity index (χ1v) is 9.28. The van der Waals surface area contributed by atoms with Crippen molar-refractivity contribution in [2.45, 2.75) is 38.4 Å². The normalized spacial score (nSPS) is 18.4. The molecule has 0 bridgehead atoms. The molecule has 1 saturated heterocycles. The minimum Gasteiger partial charge on any atom is -0.353 e. The molecule has 0 radical (unpaired) electrons. The zero-order chi connectivity index (χ0) is 17.9. The van der Waals surface area contributed by atoms with Crippen LogP contribution in [0.3, 0.4) is 0 Å². The van der Waals surface area contributed by atoms with Crippen molar-refractivity contribution in [1.82, 2.24) is 20.0 Å². The molecule has 1 saturated carbocycles. The molecule has 1 aliphatic carbocycles. The van der Waals surface area contributed by atoms with E-state index >= 15 is 0 Å². The Bertz CT molecular complexity index is 807. The van der Waals surface area contributed by atoms with Gasteiger partial charge in [0.05, 0.1) is 24.0 Å². The summed E-state index contributed by atoms with van der Waals surface area (Å²) >= 11 is 0. The van der Waals surface area contributed by atoms with Crippen molar-refractivity contribution < 1.29 is 4.79 Å². The lowest BCUT2D eigenvalue weighted by molar-refractivity contribution is -0.126. The first kappa shape index (κ1) is 16.8. The number of nitrogens with zero attached hydrogens (tertiary/aromatic N) is 4. The van der Waals surface area contributed by atoms with E-state index in [0.29, 0.717) is 11.6 Å². The third-order valence-corrected chi connectivity index (χ3v) is 5.18. The average molecular weight is 349 g/mol. The van der Waals surface area contributed by atoms with E-state index < -0.39 is 0 Å². The molecule has 1 aliphatic heterocycles. The molecule has 0 atom stereocenters. The van der Waals surface area contributed by atoms with Gasteiger partial charge < -0.3 is 5.32 Å². The fourth-order valence-corrected chi connectivity index (χ4v) is 3.40. The van der Waals surface area contributed by atoms with Crippen molar-refractivity contribution in [1.29, 1.82) is 5.26 Å². The molecule has 1 aromatic heterocycles. The van der Waals surface area contributed by atoms with E-state index in [1.165, 1.54) is 0 Å². The van der Waals surface area contributed by atoms with Crippen molar-refractivity contribution >= 4 is 5.91 Å². The van der Waals surface area contributed by atoms with Gasteiger partial charge in [0.25, 0.3) is 0 Å². The van der Waals surface area contributed by atoms with E-state index in [0.717, 1.165) is 56.7 Å². The lowest BCUT2D eigenvalue weighted by Gasteiger charge is -2.31. The lowest BCUT2D eigenvalue weighted by Crippen LogP contribution is -2.41. The zero-order valence-electron chi connectivity index (χ0n) is 14.8. The van der Waals surface area contributed by atoms with Crippen molar-refractivity contribution in [3.63, 3.8) is 0 Å². The third kappa shape index (κ3) is 3.94. The summed E-state index contributed by atoms with van der Waals surface area (Å²) in [6.45, 7) is 2.59. The van der Waals surface area contributed by atoms with Crippen LogP contribution in [-0.4, -0.2) is 39.7 Å². The predicted octanol–water partition coefficient (Wildman–Crippen LogP) is 2.37. The van der Waals surface area contributed by atoms with Crippen LogP contribution in [0.4, 0.5) is 0 Å². The summed E-state index contributed by atoms with van der Waals surface area (Å²) in [5.74, 6) is 0.410. The van der Waals surface area contributed by atoms with E-state index in [9.17, 15) is 4.79 Å². The second kappa shape index (κ2) is 7.30. The molecular formula is C20H23N5O. The van der Waals surface area contributed by atoms with Crippen molar-refractivity contribution in [2.75, 3.05) is 13.1 Å². The number of nitrogens with one attached hydrogen (secondary N) is 1. The van der Waals surface area contributed by atoms with Crippen molar-refractivity contribution in [3.8, 4) is 17.3 Å². The molecule has 6 nitrogen and oxygen atoms in total. The van der Waals surface area contributed by atoms with Gasteiger partial charge in [-0.2, -0.15) is 10.4 Å². The molecule has 0 spiro atoms. The molecule has 134 valence electrons. The van der Waals surface area contributed by atoms with Crippen molar-refractivity contribution in [2.24, 2.45) is 5.92 Å². The number of likely N-dealkylation sites (tertiary alicyclic amines) is 1. The highest BCUT2D eigenvalue weighted by molar-refractivity contribution is 5.79. The average Bonchev–Trinajstić information content (AvgIpc) is 3.37. The van der Waals surface area contributed by atoms with Gasteiger partial charge in [-0.1, -0.05) is 12.1 Å². The van der Waals surface area contributed by atoms with E-state index in [4.69, 9.17) is 5.26 Å². The van der Waals surface area contributed by atoms with E-state index in [-0.39, 0.29) is 11.8 Å². The van der Waals surface area contributed by atoms with Gasteiger partial charge in [0.2, 0.25) is 5.91 Å². The molecule has 2 heterocycles. The van der Waals surface area contributed by atoms with Crippen LogP contribution in [0.15, 0.2) is 36.5 Å². The molecule has 2 fully saturated rings. The number of benzene rings is 1. The second-order valence-electron chi connectivity index (χ2n) is 7.25. The molecular weight excluding hydrogens is 326 g/mol. The van der Waals surface area contributed by atoms with Crippen LogP contribution in [0.5, 0.6) is 0 Å². The van der Waals surface area contributed by atoms with Gasteiger partial charge in [-0.3, -0.25) is 14.4 Å². The van der Waals surface area contributed by atoms with Crippen molar-refractivity contribution in [3.05, 3.63) is 42.1 Å². The quantitative estimate of drug-likeness (QED) is 0.899. The Balaban J connectivity index is 1.30. The summed E-state index contributed by atoms with van der Waals surface area (Å²) in [7, 11) is 0. The van der Waals surface area contributed by atoms with E-state index in [1.54, 1.807) is 0 Å². The summed E-state index contributed by atoms with van der Waals surface area (Å²) in [6.07, 6.45) is 6.11. The molecule has 26 heavy (non-hydrogen) atoms. The zero-order valence-corrected chi connectivity index (χ0v) is 14.8. The Morgan fingerprint density at radius 1 is 1.15 bits per heavy atom. The Kier molecular flexibility index (Phi) is 4.72. The van der Waals surface area contributed by atoms with Crippen LogP contribution in [0.25, 0.3) is 11.3 Å². The maximum Gasteiger partial charge on any atom is 0.223 e. The number of amides is 1. The minimum atomic E-state index is 0.165. The highest BCUT2D eigenvalue weighted by Gasteiger charge is 2.29. The number of aromatic nitrogens is 2. The maximum absolute atomic E-state index is 12.2. The highest BCUT2D eigenvalue weighted by Crippen LogP contribution is 2.23. The van der Waals surface area contributed by atoms with Crippen LogP contribution >= 0.6 is 0 Å². The smallest absolute Gasteiger partial charge is 0.223 e. The number of piperidine rings is 1. The van der Waals surface area contributed by atoms with Gasteiger partial charge in [0.15, 0.2) is 0 Å². The van der Waals surface area contributed by atoms with Crippen LogP contribution < -0.4 is 5.32 Å². The monoisotopic (exact) mass is 349 g/mol. The number of carbonyl (C=O) groups excluding carboxylic acids is 1. The van der Waals surface area contributed by atoms with Gasteiger partial charge in [0, 0.05) is 36.8 Å². The molecule has 2 aliphatic rings. The number of carbonyl (C=O) groups is 1. The van der Waals surface area contributed by atoms with E-state index in [2.05, 4.69) is 21.4 Å². The first-order valence-electron chi connectivity index (χ1n) is 9.28. The molecule has 6 heteroatoms.